The predicted octanol–water partition coefficient (Wildman–Crippen LogP) is 3.55. The second-order valence-electron chi connectivity index (χ2n) is 5.63. The maximum atomic E-state index is 10.2. The Balaban J connectivity index is 3.98. The van der Waals surface area contributed by atoms with E-state index in [9.17, 15) is 4.89 Å². The number of hydrogen-bond acceptors (Lipinski definition) is 1. The molecule has 13 heavy (non-hydrogen) atoms. The van der Waals surface area contributed by atoms with Gasteiger partial charge in [-0.2, -0.15) is 0 Å². The van der Waals surface area contributed by atoms with Crippen LogP contribution in [0.4, 0.5) is 0 Å². The third kappa shape index (κ3) is 8.71. The van der Waals surface area contributed by atoms with E-state index in [1.807, 2.05) is 0 Å². The number of unbranched alkanes of at least 4 members (excludes halogenated alkanes) is 1. The minimum absolute atomic E-state index is 0.739. The van der Waals surface area contributed by atoms with Crippen molar-refractivity contribution in [3.8, 4) is 0 Å². The van der Waals surface area contributed by atoms with Crippen LogP contribution in [0.5, 0.6) is 0 Å². The standard InChI is InChI=1S/C11H27OP/c1-6-8-9-11(7-2)10-13(3,4,5)12/h11-12H,6-10H2,1-5H3. The molecule has 0 saturated carbocycles. The summed E-state index contributed by atoms with van der Waals surface area (Å²) >= 11 is 0. The van der Waals surface area contributed by atoms with E-state index in [1.54, 1.807) is 0 Å². The third-order valence-electron chi connectivity index (χ3n) is 2.43. The van der Waals surface area contributed by atoms with Crippen LogP contribution in [0, 0.1) is 5.92 Å². The Morgan fingerprint density at radius 3 is 2.00 bits per heavy atom. The molecule has 0 radical (unpaired) electrons. The van der Waals surface area contributed by atoms with Gasteiger partial charge in [0.1, 0.15) is 0 Å². The summed E-state index contributed by atoms with van der Waals surface area (Å²) in [5.41, 5.74) is 0. The summed E-state index contributed by atoms with van der Waals surface area (Å²) in [4.78, 5) is 10.2. The van der Waals surface area contributed by atoms with Gasteiger partial charge in [-0.1, -0.05) is 0 Å². The monoisotopic (exact) mass is 206 g/mol. The molecule has 0 aromatic carbocycles. The van der Waals surface area contributed by atoms with Gasteiger partial charge in [-0.25, -0.2) is 0 Å². The molecule has 0 bridgehead atoms. The first-order valence-corrected chi connectivity index (χ1v) is 9.21. The summed E-state index contributed by atoms with van der Waals surface area (Å²) in [5, 5.41) is 0. The first-order valence-electron chi connectivity index (χ1n) is 5.50. The molecular formula is C11H27OP. The molecule has 0 saturated heterocycles. The van der Waals surface area contributed by atoms with E-state index in [0.29, 0.717) is 0 Å². The Labute approximate surface area is 83.9 Å². The molecule has 0 aliphatic heterocycles. The average Bonchev–Trinajstić information content (AvgIpc) is 1.94. The SMILES string of the molecule is CCCCC(CC)CP(C)(C)(C)O. The molecule has 0 heterocycles. The molecule has 0 aliphatic carbocycles. The van der Waals surface area contributed by atoms with Crippen LogP contribution in [0.2, 0.25) is 0 Å². The van der Waals surface area contributed by atoms with Crippen LogP contribution in [0.1, 0.15) is 39.5 Å². The quantitative estimate of drug-likeness (QED) is 0.659. The summed E-state index contributed by atoms with van der Waals surface area (Å²) in [5.74, 6) is 0.739. The Hall–Kier alpha value is 0.390. The van der Waals surface area contributed by atoms with Gasteiger partial charge in [-0.15, -0.1) is 0 Å². The van der Waals surface area contributed by atoms with Crippen LogP contribution < -0.4 is 0 Å². The summed E-state index contributed by atoms with van der Waals surface area (Å²) in [7, 11) is 0. The molecule has 1 N–H and O–H groups in total. The van der Waals surface area contributed by atoms with Crippen LogP contribution in [0.25, 0.3) is 0 Å². The van der Waals surface area contributed by atoms with Gasteiger partial charge in [0.25, 0.3) is 0 Å². The summed E-state index contributed by atoms with van der Waals surface area (Å²) in [6.07, 6.45) is 6.14. The Morgan fingerprint density at radius 2 is 1.69 bits per heavy atom. The number of rotatable bonds is 6. The first kappa shape index (κ1) is 13.4. The van der Waals surface area contributed by atoms with Gasteiger partial charge in [-0.3, -0.25) is 0 Å². The molecular weight excluding hydrogens is 179 g/mol. The summed E-state index contributed by atoms with van der Waals surface area (Å²) in [6, 6.07) is 0. The van der Waals surface area contributed by atoms with Crippen molar-refractivity contribution in [2.45, 2.75) is 39.5 Å². The van der Waals surface area contributed by atoms with E-state index in [4.69, 9.17) is 0 Å². The molecule has 0 rings (SSSR count). The average molecular weight is 206 g/mol. The fourth-order valence-corrected chi connectivity index (χ4v) is 4.03. The van der Waals surface area contributed by atoms with Crippen LogP contribution in [0.15, 0.2) is 0 Å². The zero-order chi connectivity index (χ0) is 10.6. The van der Waals surface area contributed by atoms with Crippen molar-refractivity contribution >= 4 is 6.83 Å². The van der Waals surface area contributed by atoms with Crippen LogP contribution in [-0.4, -0.2) is 31.0 Å². The van der Waals surface area contributed by atoms with Gasteiger partial charge in [0.05, 0.1) is 0 Å². The van der Waals surface area contributed by atoms with E-state index in [-0.39, 0.29) is 0 Å². The molecule has 1 unspecified atom stereocenters. The molecule has 1 atom stereocenters. The van der Waals surface area contributed by atoms with Gasteiger partial charge in [0.2, 0.25) is 0 Å². The maximum absolute atomic E-state index is 10.2. The second kappa shape index (κ2) is 4.75. The van der Waals surface area contributed by atoms with E-state index in [0.717, 1.165) is 12.1 Å². The van der Waals surface area contributed by atoms with E-state index >= 15 is 0 Å². The minimum atomic E-state index is -2.25. The van der Waals surface area contributed by atoms with E-state index in [2.05, 4.69) is 33.8 Å². The normalized spacial score (nSPS) is 17.8. The Morgan fingerprint density at radius 1 is 1.15 bits per heavy atom. The second-order valence-corrected chi connectivity index (χ2v) is 12.1. The molecule has 0 aromatic heterocycles. The topological polar surface area (TPSA) is 20.2 Å². The fourth-order valence-electron chi connectivity index (χ4n) is 1.81. The molecule has 0 aliphatic rings. The van der Waals surface area contributed by atoms with Gasteiger partial charge < -0.3 is 0 Å². The van der Waals surface area contributed by atoms with Crippen molar-refractivity contribution in [3.63, 3.8) is 0 Å². The van der Waals surface area contributed by atoms with Crippen LogP contribution >= 0.6 is 6.83 Å². The zero-order valence-corrected chi connectivity index (χ0v) is 10.9. The van der Waals surface area contributed by atoms with E-state index in [1.165, 1.54) is 25.7 Å². The van der Waals surface area contributed by atoms with Crippen molar-refractivity contribution in [3.05, 3.63) is 0 Å². The van der Waals surface area contributed by atoms with Crippen molar-refractivity contribution in [1.29, 1.82) is 0 Å². The molecule has 0 amide bonds. The van der Waals surface area contributed by atoms with Gasteiger partial charge in [0, 0.05) is 0 Å². The third-order valence-corrected chi connectivity index (χ3v) is 4.21. The van der Waals surface area contributed by atoms with Crippen molar-refractivity contribution in [1.82, 2.24) is 0 Å². The molecule has 0 aromatic rings. The predicted molar refractivity (Wildman–Crippen MR) is 65.1 cm³/mol. The molecule has 82 valence electrons. The van der Waals surface area contributed by atoms with Crippen molar-refractivity contribution in [2.24, 2.45) is 5.92 Å². The summed E-state index contributed by atoms with van der Waals surface area (Å²) < 4.78 is 0. The Kier molecular flexibility index (Phi) is 4.90. The molecule has 0 spiro atoms. The fraction of sp³-hybridized carbons (Fsp3) is 1.00. The van der Waals surface area contributed by atoms with Gasteiger partial charge >= 0.3 is 83.3 Å². The molecule has 2 heteroatoms. The zero-order valence-electron chi connectivity index (χ0n) is 10.0. The summed E-state index contributed by atoms with van der Waals surface area (Å²) in [6.45, 7) is 8.39. The number of hydrogen-bond donors (Lipinski definition) is 1. The first-order chi connectivity index (χ1) is 5.74. The van der Waals surface area contributed by atoms with Crippen molar-refractivity contribution < 1.29 is 4.89 Å². The van der Waals surface area contributed by atoms with E-state index < -0.39 is 6.83 Å². The molecule has 1 nitrogen and oxygen atoms in total. The van der Waals surface area contributed by atoms with Crippen LogP contribution in [0.3, 0.4) is 0 Å². The van der Waals surface area contributed by atoms with Crippen LogP contribution in [-0.2, 0) is 0 Å². The van der Waals surface area contributed by atoms with Crippen molar-refractivity contribution in [2.75, 3.05) is 26.2 Å². The van der Waals surface area contributed by atoms with Gasteiger partial charge in [-0.05, 0) is 0 Å². The molecule has 0 fully saturated rings. The Bertz CT molecular complexity index is 137. The van der Waals surface area contributed by atoms with Gasteiger partial charge in [0.15, 0.2) is 0 Å².